The molecule has 0 aliphatic carbocycles. The van der Waals surface area contributed by atoms with E-state index in [9.17, 15) is 4.79 Å². The van der Waals surface area contributed by atoms with Crippen LogP contribution in [0, 0.1) is 13.8 Å². The number of amides is 1. The first-order valence-corrected chi connectivity index (χ1v) is 6.26. The summed E-state index contributed by atoms with van der Waals surface area (Å²) >= 11 is 6.03. The average molecular weight is 254 g/mol. The smallest absolute Gasteiger partial charge is 0.255 e. The highest BCUT2D eigenvalue weighted by Crippen LogP contribution is 2.18. The maximum Gasteiger partial charge on any atom is 0.255 e. The molecule has 0 atom stereocenters. The van der Waals surface area contributed by atoms with Gasteiger partial charge in [0.2, 0.25) is 0 Å². The standard InChI is InChI=1S/C12H16ClN3O/c1-8-7-11(9(2)15-14-8)12(17)16-5-3-10(13)4-6-16/h7,10H,3-6H2,1-2H3. The molecule has 0 unspecified atom stereocenters. The first-order valence-electron chi connectivity index (χ1n) is 5.82. The largest absolute Gasteiger partial charge is 0.338 e. The first-order chi connectivity index (χ1) is 8.08. The number of nitrogens with zero attached hydrogens (tertiary/aromatic N) is 3. The van der Waals surface area contributed by atoms with Crippen LogP contribution in [-0.4, -0.2) is 39.5 Å². The van der Waals surface area contributed by atoms with E-state index in [1.165, 1.54) is 0 Å². The molecule has 0 bridgehead atoms. The van der Waals surface area contributed by atoms with Gasteiger partial charge < -0.3 is 4.90 Å². The van der Waals surface area contributed by atoms with Crippen LogP contribution in [0.4, 0.5) is 0 Å². The molecule has 5 heteroatoms. The van der Waals surface area contributed by atoms with Crippen LogP contribution < -0.4 is 0 Å². The normalized spacial score (nSPS) is 17.2. The first kappa shape index (κ1) is 12.3. The topological polar surface area (TPSA) is 46.1 Å². The van der Waals surface area contributed by atoms with Crippen molar-refractivity contribution >= 4 is 17.5 Å². The minimum Gasteiger partial charge on any atom is -0.338 e. The fourth-order valence-electron chi connectivity index (χ4n) is 1.99. The fourth-order valence-corrected chi connectivity index (χ4v) is 2.18. The number of rotatable bonds is 1. The molecule has 0 N–H and O–H groups in total. The van der Waals surface area contributed by atoms with E-state index in [0.717, 1.165) is 31.6 Å². The molecule has 0 radical (unpaired) electrons. The number of alkyl halides is 1. The van der Waals surface area contributed by atoms with Gasteiger partial charge in [-0.15, -0.1) is 11.6 Å². The third-order valence-electron chi connectivity index (χ3n) is 3.04. The molecule has 1 aromatic heterocycles. The third-order valence-corrected chi connectivity index (χ3v) is 3.48. The summed E-state index contributed by atoms with van der Waals surface area (Å²) in [5, 5.41) is 8.13. The van der Waals surface area contributed by atoms with Crippen molar-refractivity contribution in [3.63, 3.8) is 0 Å². The quantitative estimate of drug-likeness (QED) is 0.719. The summed E-state index contributed by atoms with van der Waals surface area (Å²) in [7, 11) is 0. The summed E-state index contributed by atoms with van der Waals surface area (Å²) in [6.45, 7) is 5.11. The zero-order valence-electron chi connectivity index (χ0n) is 10.1. The van der Waals surface area contributed by atoms with Gasteiger partial charge in [0, 0.05) is 18.5 Å². The second-order valence-corrected chi connectivity index (χ2v) is 5.07. The van der Waals surface area contributed by atoms with Crippen LogP contribution >= 0.6 is 11.6 Å². The lowest BCUT2D eigenvalue weighted by atomic mass is 10.1. The Kier molecular flexibility index (Phi) is 3.62. The molecule has 1 amide bonds. The van der Waals surface area contributed by atoms with E-state index in [4.69, 9.17) is 11.6 Å². The SMILES string of the molecule is Cc1cc(C(=O)N2CCC(Cl)CC2)c(C)nn1. The number of hydrogen-bond acceptors (Lipinski definition) is 3. The molecule has 0 aromatic carbocycles. The highest BCUT2D eigenvalue weighted by Gasteiger charge is 2.23. The second kappa shape index (κ2) is 5.00. The van der Waals surface area contributed by atoms with Crippen molar-refractivity contribution in [1.82, 2.24) is 15.1 Å². The number of carbonyl (C=O) groups is 1. The van der Waals surface area contributed by atoms with E-state index in [-0.39, 0.29) is 11.3 Å². The highest BCUT2D eigenvalue weighted by molar-refractivity contribution is 6.20. The van der Waals surface area contributed by atoms with Gasteiger partial charge in [0.25, 0.3) is 5.91 Å². The van der Waals surface area contributed by atoms with Gasteiger partial charge in [0.05, 0.1) is 17.0 Å². The van der Waals surface area contributed by atoms with Gasteiger partial charge >= 0.3 is 0 Å². The van der Waals surface area contributed by atoms with Crippen LogP contribution in [-0.2, 0) is 0 Å². The monoisotopic (exact) mass is 253 g/mol. The molecule has 1 aliphatic heterocycles. The average Bonchev–Trinajstić information content (AvgIpc) is 2.32. The molecular weight excluding hydrogens is 238 g/mol. The summed E-state index contributed by atoms with van der Waals surface area (Å²) in [5.41, 5.74) is 2.12. The number of aryl methyl sites for hydroxylation is 2. The van der Waals surface area contributed by atoms with Gasteiger partial charge in [-0.1, -0.05) is 0 Å². The Labute approximate surface area is 106 Å². The number of hydrogen-bond donors (Lipinski definition) is 0. The van der Waals surface area contributed by atoms with E-state index in [0.29, 0.717) is 11.3 Å². The Morgan fingerprint density at radius 1 is 1.35 bits per heavy atom. The molecule has 1 saturated heterocycles. The molecule has 0 spiro atoms. The molecule has 1 aromatic rings. The van der Waals surface area contributed by atoms with Crippen molar-refractivity contribution < 1.29 is 4.79 Å². The number of aromatic nitrogens is 2. The molecule has 2 heterocycles. The molecule has 4 nitrogen and oxygen atoms in total. The summed E-state index contributed by atoms with van der Waals surface area (Å²) in [6, 6.07) is 1.80. The van der Waals surface area contributed by atoms with Crippen LogP contribution in [0.2, 0.25) is 0 Å². The van der Waals surface area contributed by atoms with E-state index >= 15 is 0 Å². The number of carbonyl (C=O) groups excluding carboxylic acids is 1. The van der Waals surface area contributed by atoms with Crippen LogP contribution in [0.25, 0.3) is 0 Å². The summed E-state index contributed by atoms with van der Waals surface area (Å²) in [4.78, 5) is 14.1. The van der Waals surface area contributed by atoms with Crippen LogP contribution in [0.1, 0.15) is 34.6 Å². The van der Waals surface area contributed by atoms with Crippen molar-refractivity contribution in [2.75, 3.05) is 13.1 Å². The van der Waals surface area contributed by atoms with E-state index in [1.54, 1.807) is 6.07 Å². The molecule has 17 heavy (non-hydrogen) atoms. The van der Waals surface area contributed by atoms with Gasteiger partial charge in [-0.3, -0.25) is 4.79 Å². The maximum atomic E-state index is 12.3. The van der Waals surface area contributed by atoms with Gasteiger partial charge in [-0.25, -0.2) is 0 Å². The van der Waals surface area contributed by atoms with Gasteiger partial charge in [0.1, 0.15) is 0 Å². The Bertz CT molecular complexity index is 428. The number of halogens is 1. The van der Waals surface area contributed by atoms with E-state index in [1.807, 2.05) is 18.7 Å². The Morgan fingerprint density at radius 3 is 2.65 bits per heavy atom. The molecule has 1 aliphatic rings. The molecule has 92 valence electrons. The number of piperidine rings is 1. The second-order valence-electron chi connectivity index (χ2n) is 4.45. The minimum absolute atomic E-state index is 0.0454. The van der Waals surface area contributed by atoms with Crippen LogP contribution in [0.3, 0.4) is 0 Å². The summed E-state index contributed by atoms with van der Waals surface area (Å²) < 4.78 is 0. The third kappa shape index (κ3) is 2.75. The summed E-state index contributed by atoms with van der Waals surface area (Å²) in [6.07, 6.45) is 1.73. The zero-order valence-corrected chi connectivity index (χ0v) is 10.9. The van der Waals surface area contributed by atoms with Gasteiger partial charge in [-0.2, -0.15) is 10.2 Å². The summed E-state index contributed by atoms with van der Waals surface area (Å²) in [5.74, 6) is 0.0454. The maximum absolute atomic E-state index is 12.3. The van der Waals surface area contributed by atoms with Crippen molar-refractivity contribution in [3.8, 4) is 0 Å². The minimum atomic E-state index is 0.0454. The molecule has 0 saturated carbocycles. The van der Waals surface area contributed by atoms with Crippen LogP contribution in [0.15, 0.2) is 6.07 Å². The predicted molar refractivity (Wildman–Crippen MR) is 66.3 cm³/mol. The van der Waals surface area contributed by atoms with Crippen molar-refractivity contribution in [3.05, 3.63) is 23.0 Å². The highest BCUT2D eigenvalue weighted by atomic mass is 35.5. The van der Waals surface area contributed by atoms with Crippen molar-refractivity contribution in [1.29, 1.82) is 0 Å². The lowest BCUT2D eigenvalue weighted by Gasteiger charge is -2.29. The Balaban J connectivity index is 2.16. The number of likely N-dealkylation sites (tertiary alicyclic amines) is 1. The fraction of sp³-hybridized carbons (Fsp3) is 0.583. The molecular formula is C12H16ClN3O. The van der Waals surface area contributed by atoms with Crippen LogP contribution in [0.5, 0.6) is 0 Å². The molecule has 1 fully saturated rings. The van der Waals surface area contributed by atoms with Gasteiger partial charge in [-0.05, 0) is 32.8 Å². The zero-order chi connectivity index (χ0) is 12.4. The lowest BCUT2D eigenvalue weighted by Crippen LogP contribution is -2.39. The van der Waals surface area contributed by atoms with Crippen molar-refractivity contribution in [2.45, 2.75) is 32.1 Å². The van der Waals surface area contributed by atoms with Gasteiger partial charge in [0.15, 0.2) is 0 Å². The Morgan fingerprint density at radius 2 is 2.00 bits per heavy atom. The van der Waals surface area contributed by atoms with E-state index in [2.05, 4.69) is 10.2 Å². The molecule has 2 rings (SSSR count). The Hall–Kier alpha value is -1.16. The lowest BCUT2D eigenvalue weighted by molar-refractivity contribution is 0.0725. The predicted octanol–water partition coefficient (Wildman–Crippen LogP) is 1.94. The van der Waals surface area contributed by atoms with E-state index < -0.39 is 0 Å². The van der Waals surface area contributed by atoms with Crippen molar-refractivity contribution in [2.24, 2.45) is 0 Å².